The highest BCUT2D eigenvalue weighted by Crippen LogP contribution is 2.53. The molecule has 0 spiro atoms. The first-order valence-corrected chi connectivity index (χ1v) is 7.29. The minimum atomic E-state index is 0.257. The molecular weight excluding hydrogens is 206 g/mol. The van der Waals surface area contributed by atoms with Crippen LogP contribution in [0.3, 0.4) is 0 Å². The predicted molar refractivity (Wildman–Crippen MR) is 75.2 cm³/mol. The predicted octanol–water partition coefficient (Wildman–Crippen LogP) is 4.79. The summed E-state index contributed by atoms with van der Waals surface area (Å²) in [5, 5.41) is 4.90. The van der Waals surface area contributed by atoms with Crippen molar-refractivity contribution in [2.45, 2.75) is 58.9 Å². The van der Waals surface area contributed by atoms with Gasteiger partial charge in [-0.15, -0.1) is 5.54 Å². The highest BCUT2D eigenvalue weighted by Gasteiger charge is 2.43. The third-order valence-corrected chi connectivity index (χ3v) is 5.48. The lowest BCUT2D eigenvalue weighted by Gasteiger charge is -2.62. The summed E-state index contributed by atoms with van der Waals surface area (Å²) < 4.78 is 0. The van der Waals surface area contributed by atoms with Crippen LogP contribution >= 0.6 is 0 Å². The molecule has 0 aromatic heterocycles. The van der Waals surface area contributed by atoms with Gasteiger partial charge in [0.2, 0.25) is 0 Å². The molecule has 1 saturated carbocycles. The average molecular weight is 234 g/mol. The van der Waals surface area contributed by atoms with Gasteiger partial charge < -0.3 is 5.32 Å². The summed E-state index contributed by atoms with van der Waals surface area (Å²) in [7, 11) is 2.06. The van der Waals surface area contributed by atoms with Crippen LogP contribution in [0.4, 0.5) is 0 Å². The Hall–Kier alpha value is -0.300. The molecule has 0 aromatic carbocycles. The minimum absolute atomic E-state index is 0.257. The third kappa shape index (κ3) is 2.07. The fourth-order valence-electron chi connectivity index (χ4n) is 4.27. The molecule has 17 heavy (non-hydrogen) atoms. The Morgan fingerprint density at radius 1 is 1.35 bits per heavy atom. The number of fused-ring (bicyclic) bond motifs is 1. The van der Waals surface area contributed by atoms with Gasteiger partial charge in [-0.2, -0.15) is 7.05 Å². The molecule has 4 unspecified atom stereocenters. The second kappa shape index (κ2) is 4.76. The fourth-order valence-corrected chi connectivity index (χ4v) is 4.27. The summed E-state index contributed by atoms with van der Waals surface area (Å²) in [4.78, 5) is 0. The molecule has 0 amide bonds. The molecule has 0 bridgehead atoms. The van der Waals surface area contributed by atoms with E-state index in [0.717, 1.165) is 17.8 Å². The van der Waals surface area contributed by atoms with Crippen molar-refractivity contribution in [2.75, 3.05) is 7.05 Å². The van der Waals surface area contributed by atoms with Gasteiger partial charge in [-0.05, 0) is 37.5 Å². The zero-order valence-electron chi connectivity index (χ0n) is 12.2. The Labute approximate surface area is 107 Å². The van der Waals surface area contributed by atoms with Crippen molar-refractivity contribution in [1.82, 2.24) is 0 Å². The minimum Gasteiger partial charge on any atom is -0.659 e. The van der Waals surface area contributed by atoms with Crippen molar-refractivity contribution >= 4 is 0 Å². The lowest BCUT2D eigenvalue weighted by Crippen LogP contribution is -2.51. The molecule has 2 rings (SSSR count). The standard InChI is InChI=1S/C16H28N/c1-11(2)14-7-6-13(4)16(17-5)9-8-12(3)10-15(14)16/h10-11,13-15H,6-9H2,1-5H3/q-1. The van der Waals surface area contributed by atoms with Gasteiger partial charge in [0, 0.05) is 0 Å². The first-order valence-electron chi connectivity index (χ1n) is 7.29. The van der Waals surface area contributed by atoms with Gasteiger partial charge in [0.1, 0.15) is 0 Å². The molecule has 0 N–H and O–H groups in total. The highest BCUT2D eigenvalue weighted by molar-refractivity contribution is 5.25. The van der Waals surface area contributed by atoms with Gasteiger partial charge in [0.05, 0.1) is 0 Å². The summed E-state index contributed by atoms with van der Waals surface area (Å²) in [6.45, 7) is 9.50. The molecule has 1 heteroatoms. The smallest absolute Gasteiger partial charge is 0.0330 e. The summed E-state index contributed by atoms with van der Waals surface area (Å²) in [6, 6.07) is 0. The van der Waals surface area contributed by atoms with E-state index in [2.05, 4.69) is 40.8 Å². The van der Waals surface area contributed by atoms with Crippen molar-refractivity contribution in [3.05, 3.63) is 17.0 Å². The number of hydrogen-bond donors (Lipinski definition) is 0. The van der Waals surface area contributed by atoms with Crippen molar-refractivity contribution < 1.29 is 0 Å². The van der Waals surface area contributed by atoms with E-state index < -0.39 is 0 Å². The van der Waals surface area contributed by atoms with E-state index in [0.29, 0.717) is 5.92 Å². The summed E-state index contributed by atoms with van der Waals surface area (Å²) >= 11 is 0. The molecule has 0 aliphatic heterocycles. The van der Waals surface area contributed by atoms with Gasteiger partial charge in [-0.1, -0.05) is 51.2 Å². The van der Waals surface area contributed by atoms with Crippen molar-refractivity contribution in [3.8, 4) is 0 Å². The normalized spacial score (nSPS) is 42.2. The molecule has 2 aliphatic carbocycles. The number of hydrogen-bond acceptors (Lipinski definition) is 0. The maximum Gasteiger partial charge on any atom is -0.0330 e. The number of allylic oxidation sites excluding steroid dienone is 1. The van der Waals surface area contributed by atoms with Gasteiger partial charge in [0.25, 0.3) is 0 Å². The van der Waals surface area contributed by atoms with Crippen LogP contribution in [0.2, 0.25) is 0 Å². The van der Waals surface area contributed by atoms with Crippen LogP contribution in [0.5, 0.6) is 0 Å². The summed E-state index contributed by atoms with van der Waals surface area (Å²) in [5.74, 6) is 3.09. The quantitative estimate of drug-likeness (QED) is 0.610. The zero-order valence-corrected chi connectivity index (χ0v) is 12.2. The Balaban J connectivity index is 2.37. The Morgan fingerprint density at radius 3 is 2.65 bits per heavy atom. The summed E-state index contributed by atoms with van der Waals surface area (Å²) in [5.41, 5.74) is 1.85. The van der Waals surface area contributed by atoms with Crippen LogP contribution < -0.4 is 0 Å². The van der Waals surface area contributed by atoms with Gasteiger partial charge in [-0.3, -0.25) is 0 Å². The van der Waals surface area contributed by atoms with Gasteiger partial charge >= 0.3 is 0 Å². The van der Waals surface area contributed by atoms with Crippen LogP contribution in [0.15, 0.2) is 11.6 Å². The van der Waals surface area contributed by atoms with Crippen LogP contribution in [0, 0.1) is 23.7 Å². The zero-order chi connectivity index (χ0) is 12.6. The van der Waals surface area contributed by atoms with Crippen LogP contribution in [-0.2, 0) is 0 Å². The number of rotatable bonds is 2. The fraction of sp³-hybridized carbons (Fsp3) is 0.875. The van der Waals surface area contributed by atoms with Crippen LogP contribution in [-0.4, -0.2) is 12.6 Å². The van der Waals surface area contributed by atoms with E-state index in [-0.39, 0.29) is 5.54 Å². The van der Waals surface area contributed by atoms with E-state index in [1.54, 1.807) is 5.57 Å². The van der Waals surface area contributed by atoms with E-state index >= 15 is 0 Å². The molecule has 0 saturated heterocycles. The lowest BCUT2D eigenvalue weighted by molar-refractivity contribution is 0.0798. The van der Waals surface area contributed by atoms with Crippen molar-refractivity contribution in [1.29, 1.82) is 0 Å². The Kier molecular flexibility index (Phi) is 3.68. The molecule has 0 heterocycles. The Bertz CT molecular complexity index is 305. The first-order chi connectivity index (χ1) is 8.01. The highest BCUT2D eigenvalue weighted by atomic mass is 15.0. The van der Waals surface area contributed by atoms with Crippen LogP contribution in [0.1, 0.15) is 53.4 Å². The van der Waals surface area contributed by atoms with Gasteiger partial charge in [0.15, 0.2) is 0 Å². The SMILES string of the molecule is C[N-]C12CCC(C)=CC1C(C(C)C)CCC2C. The molecule has 0 aromatic rings. The molecule has 1 nitrogen and oxygen atoms in total. The monoisotopic (exact) mass is 234 g/mol. The topological polar surface area (TPSA) is 14.1 Å². The molecule has 2 aliphatic rings. The summed E-state index contributed by atoms with van der Waals surface area (Å²) in [6.07, 6.45) is 7.86. The van der Waals surface area contributed by atoms with E-state index in [9.17, 15) is 0 Å². The van der Waals surface area contributed by atoms with Crippen molar-refractivity contribution in [2.24, 2.45) is 23.7 Å². The molecule has 98 valence electrons. The molecule has 4 atom stereocenters. The third-order valence-electron chi connectivity index (χ3n) is 5.48. The second-order valence-electron chi connectivity index (χ2n) is 6.64. The molecule has 0 radical (unpaired) electrons. The largest absolute Gasteiger partial charge is 0.659 e. The van der Waals surface area contributed by atoms with Crippen LogP contribution in [0.25, 0.3) is 5.32 Å². The maximum absolute atomic E-state index is 4.90. The molecule has 1 fully saturated rings. The molecular formula is C16H28N-. The maximum atomic E-state index is 4.90. The average Bonchev–Trinajstić information content (AvgIpc) is 2.29. The Morgan fingerprint density at radius 2 is 2.06 bits per heavy atom. The second-order valence-corrected chi connectivity index (χ2v) is 6.64. The van der Waals surface area contributed by atoms with Crippen molar-refractivity contribution in [3.63, 3.8) is 0 Å². The number of nitrogens with zero attached hydrogens (tertiary/aromatic N) is 1. The van der Waals surface area contributed by atoms with Gasteiger partial charge in [-0.25, -0.2) is 0 Å². The lowest BCUT2D eigenvalue weighted by atomic mass is 9.56. The van der Waals surface area contributed by atoms with E-state index in [1.807, 2.05) is 0 Å². The van der Waals surface area contributed by atoms with E-state index in [4.69, 9.17) is 5.32 Å². The van der Waals surface area contributed by atoms with E-state index in [1.165, 1.54) is 25.7 Å². The first kappa shape index (κ1) is 13.1.